The van der Waals surface area contributed by atoms with Gasteiger partial charge in [0.2, 0.25) is 17.3 Å². The van der Waals surface area contributed by atoms with Gasteiger partial charge in [0.15, 0.2) is 0 Å². The first-order chi connectivity index (χ1) is 60.5. The number of benzene rings is 4. The molecule has 4 saturated heterocycles. The normalized spacial score (nSPS) is 15.2. The van der Waals surface area contributed by atoms with Crippen LogP contribution in [0.5, 0.6) is 0 Å². The number of amides is 6. The molecule has 127 heavy (non-hydrogen) atoms. The van der Waals surface area contributed by atoms with E-state index >= 15 is 0 Å². The smallest absolute Gasteiger partial charge is 0.425 e. The number of halogens is 5. The van der Waals surface area contributed by atoms with Crippen molar-refractivity contribution in [3.63, 3.8) is 0 Å². The highest BCUT2D eigenvalue weighted by Crippen LogP contribution is 2.27. The van der Waals surface area contributed by atoms with E-state index in [0.717, 1.165) is 107 Å². The molecule has 0 aliphatic carbocycles. The Hall–Kier alpha value is -10.3. The number of ether oxygens (including phenoxy) is 5. The van der Waals surface area contributed by atoms with Gasteiger partial charge in [-0.2, -0.15) is 29.8 Å². The van der Waals surface area contributed by atoms with Crippen LogP contribution in [0.2, 0.25) is 20.1 Å². The molecule has 0 saturated carbocycles. The summed E-state index contributed by atoms with van der Waals surface area (Å²) < 4.78 is 84.8. The van der Waals surface area contributed by atoms with Crippen molar-refractivity contribution in [2.45, 2.75) is 111 Å². The first kappa shape index (κ1) is 107. The SMILES string of the molecule is C=CCCCCO/C(C(=O)Nc1cccc(Cl)c1)=C(/C=N)N1CCN(S(=O)(=O)N(CC=C)C(=O)OC(C)(C)C)CC1.C=CCCCCO/C(C(=O)Nc1cccc(Cl)c1)=C(/C=N)N1CCN(S(=O)(=O)NC(=O)OC(C)(C)C)CC1.C=CCCCCO/C(C(=O)Nc1cccc(Cl)c1)=C(/C=N)N1CCNCC1.N=C/C(=C(/Cl)C(=O)Nc1cccc(Cl)c1)N1CCNCC1. The lowest BCUT2D eigenvalue weighted by Gasteiger charge is -2.38. The number of carbonyl (C=O) groups is 6. The van der Waals surface area contributed by atoms with Crippen LogP contribution in [0, 0.1) is 21.6 Å². The molecule has 4 aromatic carbocycles. The van der Waals surface area contributed by atoms with Gasteiger partial charge in [0.1, 0.15) is 33.3 Å². The Bertz CT molecular complexity index is 4780. The van der Waals surface area contributed by atoms with Gasteiger partial charge < -0.3 is 96.8 Å². The molecular weight excluding hydrogens is 1780 g/mol. The van der Waals surface area contributed by atoms with E-state index in [9.17, 15) is 45.6 Å². The molecular formula is C87H119Cl5N18O15S2. The monoisotopic (exact) mass is 1890 g/mol. The van der Waals surface area contributed by atoms with Crippen molar-refractivity contribution in [3.05, 3.63) is 213 Å². The van der Waals surface area contributed by atoms with E-state index in [1.54, 1.807) is 161 Å². The van der Waals surface area contributed by atoms with Gasteiger partial charge in [0, 0.05) is 172 Å². The molecule has 0 atom stereocenters. The topological polar surface area (TPSA) is 419 Å². The fourth-order valence-corrected chi connectivity index (χ4v) is 15.7. The molecule has 40 heteroatoms. The Kier molecular flexibility index (Phi) is 46.8. The average molecular weight is 1900 g/mol. The third kappa shape index (κ3) is 37.9. The van der Waals surface area contributed by atoms with Crippen LogP contribution in [0.1, 0.15) is 99.3 Å². The Morgan fingerprint density at radius 3 is 1.04 bits per heavy atom. The van der Waals surface area contributed by atoms with Crippen LogP contribution in [0.4, 0.5) is 32.3 Å². The van der Waals surface area contributed by atoms with E-state index in [0.29, 0.717) is 91.1 Å². The average Bonchev–Trinajstić information content (AvgIpc) is 0.796. The number of nitrogens with one attached hydrogen (secondary N) is 11. The van der Waals surface area contributed by atoms with Crippen LogP contribution < -0.4 is 36.6 Å². The van der Waals surface area contributed by atoms with Crippen molar-refractivity contribution >= 4 is 162 Å². The first-order valence-electron chi connectivity index (χ1n) is 41.1. The molecule has 694 valence electrons. The van der Waals surface area contributed by atoms with Crippen LogP contribution in [0.25, 0.3) is 0 Å². The number of piperazine rings is 4. The van der Waals surface area contributed by atoms with E-state index < -0.39 is 61.5 Å². The summed E-state index contributed by atoms with van der Waals surface area (Å²) in [5.41, 5.74) is 1.68. The molecule has 4 aliphatic rings. The third-order valence-electron chi connectivity index (χ3n) is 18.3. The predicted molar refractivity (Wildman–Crippen MR) is 505 cm³/mol. The van der Waals surface area contributed by atoms with Crippen molar-refractivity contribution in [1.29, 1.82) is 21.6 Å². The first-order valence-corrected chi connectivity index (χ1v) is 45.9. The zero-order valence-electron chi connectivity index (χ0n) is 72.7. The second kappa shape index (κ2) is 55.4. The molecule has 0 aromatic heterocycles. The lowest BCUT2D eigenvalue weighted by molar-refractivity contribution is -0.117. The molecule has 4 heterocycles. The molecule has 11 N–H and O–H groups in total. The maximum absolute atomic E-state index is 13.4. The zero-order chi connectivity index (χ0) is 93.7. The molecule has 0 spiro atoms. The number of anilines is 4. The highest BCUT2D eigenvalue weighted by Gasteiger charge is 2.39. The number of allylic oxidation sites excluding steroid dienone is 7. The Morgan fingerprint density at radius 2 is 0.740 bits per heavy atom. The number of rotatable bonds is 40. The van der Waals surface area contributed by atoms with Gasteiger partial charge in [-0.25, -0.2) is 14.3 Å². The second-order valence-corrected chi connectivity index (χ2v) is 36.0. The maximum atomic E-state index is 13.4. The number of hydrogen-bond acceptors (Lipinski definition) is 25. The fraction of sp³-hybridized carbons (Fsp3) is 0.425. The number of hydrogen-bond donors (Lipinski definition) is 11. The Labute approximate surface area is 771 Å². The standard InChI is InChI=1S/C28H40ClN5O6S.C25H36ClN5O6S.C20H27ClN4O2.C14H16Cl2N4O/c1-6-8-9-10-19-39-25(26(35)31-23-13-11-12-22(29)20-23)24(21-30)32-15-17-33(18-16-32)41(37,38)34(14-7-2)27(36)40-28(3,4)5;1-5-6-7-8-16-36-22(23(32)28-20-11-9-10-19(26)17-20)21(18-27)30-12-14-31(15-13-30)38(34,35)29-24(33)37-25(2,3)4;1-2-3-4-5-13-27-19(18(15-22)25-11-9-23-10-12-25)20(26)24-17-8-6-7-16(21)14-17;15-10-2-1-3-11(8-10)19-14(21)13(16)12(9-17)20-6-4-18-5-7-20/h6-7,11-13,20-21,30H,1-2,8-10,14-19H2,3-5H3,(H,31,35);5,9-11,17-18,27H,1,6-8,12-16H2,2-4H3,(H,28,32)(H,29,33);2,6-8,14-15,22-23H,1,3-5,9-13H2,(H,24,26);1-3,8-9,17-18H,4-7H2,(H,19,21)/b25-24-,30-21?;22-21-,27-18?;19-18-,22-15?;13-12-,17-9?. The summed E-state index contributed by atoms with van der Waals surface area (Å²) in [6, 6.07) is 27.1. The van der Waals surface area contributed by atoms with Gasteiger partial charge in [-0.15, -0.1) is 26.3 Å². The van der Waals surface area contributed by atoms with Crippen LogP contribution in [-0.4, -0.2) is 252 Å². The summed E-state index contributed by atoms with van der Waals surface area (Å²) in [5.74, 6) is -1.89. The summed E-state index contributed by atoms with van der Waals surface area (Å²) in [7, 11) is -8.37. The maximum Gasteiger partial charge on any atom is 0.425 e. The minimum atomic E-state index is -4.23. The van der Waals surface area contributed by atoms with Crippen molar-refractivity contribution in [2.75, 3.05) is 152 Å². The minimum Gasteiger partial charge on any atom is -0.486 e. The molecule has 8 rings (SSSR count). The summed E-state index contributed by atoms with van der Waals surface area (Å²) in [4.78, 5) is 83.6. The lowest BCUT2D eigenvalue weighted by atomic mass is 10.2. The summed E-state index contributed by atoms with van der Waals surface area (Å²) in [5, 5.41) is 50.9. The van der Waals surface area contributed by atoms with Gasteiger partial charge in [-0.3, -0.25) is 19.2 Å². The molecule has 4 aliphatic heterocycles. The van der Waals surface area contributed by atoms with E-state index in [4.69, 9.17) is 103 Å². The Balaban J connectivity index is 0.000000309. The van der Waals surface area contributed by atoms with Crippen molar-refractivity contribution in [3.8, 4) is 0 Å². The van der Waals surface area contributed by atoms with E-state index in [1.807, 2.05) is 20.6 Å². The Morgan fingerprint density at radius 1 is 0.433 bits per heavy atom. The van der Waals surface area contributed by atoms with Crippen molar-refractivity contribution in [2.24, 2.45) is 0 Å². The third-order valence-corrected chi connectivity index (χ3v) is 22.9. The number of unbranched alkanes of at least 4 members (excludes halogenated alkanes) is 6. The summed E-state index contributed by atoms with van der Waals surface area (Å²) >= 11 is 30.1. The molecule has 0 radical (unpaired) electrons. The minimum absolute atomic E-state index is 0.00135. The predicted octanol–water partition coefficient (Wildman–Crippen LogP) is 14.4. The highest BCUT2D eigenvalue weighted by atomic mass is 35.5. The van der Waals surface area contributed by atoms with Crippen molar-refractivity contribution in [1.82, 2.24) is 47.9 Å². The van der Waals surface area contributed by atoms with Crippen molar-refractivity contribution < 1.29 is 69.3 Å². The number of carbonyl (C=O) groups excluding carboxylic acids is 6. The van der Waals surface area contributed by atoms with E-state index in [2.05, 4.69) is 58.2 Å². The van der Waals surface area contributed by atoms with Gasteiger partial charge in [-0.05, 0) is 172 Å². The fourth-order valence-electron chi connectivity index (χ4n) is 12.2. The molecule has 33 nitrogen and oxygen atoms in total. The molecule has 0 unspecified atom stereocenters. The lowest BCUT2D eigenvalue weighted by Crippen LogP contribution is -2.54. The molecule has 4 aromatic rings. The second-order valence-electron chi connectivity index (χ2n) is 30.3. The largest absolute Gasteiger partial charge is 0.486 e. The van der Waals surface area contributed by atoms with Crippen LogP contribution >= 0.6 is 58.0 Å². The van der Waals surface area contributed by atoms with Crippen LogP contribution in [-0.2, 0) is 63.3 Å². The van der Waals surface area contributed by atoms with Gasteiger partial charge >= 0.3 is 32.6 Å². The summed E-state index contributed by atoms with van der Waals surface area (Å²) in [6.07, 6.45) is 16.3. The van der Waals surface area contributed by atoms with Crippen LogP contribution in [0.15, 0.2) is 193 Å². The van der Waals surface area contributed by atoms with E-state index in [1.165, 1.54) is 16.6 Å². The highest BCUT2D eigenvalue weighted by molar-refractivity contribution is 7.87. The van der Waals surface area contributed by atoms with E-state index in [-0.39, 0.29) is 112 Å². The molecule has 4 fully saturated rings. The number of nitrogens with zero attached hydrogens (tertiary/aromatic N) is 7. The van der Waals surface area contributed by atoms with Gasteiger partial charge in [0.25, 0.3) is 23.6 Å². The molecule has 6 amide bonds. The van der Waals surface area contributed by atoms with Crippen LogP contribution in [0.3, 0.4) is 0 Å². The quantitative estimate of drug-likeness (QED) is 0.00648. The summed E-state index contributed by atoms with van der Waals surface area (Å²) in [6.45, 7) is 31.9. The van der Waals surface area contributed by atoms with Gasteiger partial charge in [-0.1, -0.05) is 107 Å². The molecule has 0 bridgehead atoms. The zero-order valence-corrected chi connectivity index (χ0v) is 78.1. The van der Waals surface area contributed by atoms with Gasteiger partial charge in [0.05, 0.1) is 32.1 Å².